The van der Waals surface area contributed by atoms with Gasteiger partial charge in [-0.15, -0.1) is 0 Å². The van der Waals surface area contributed by atoms with Crippen molar-refractivity contribution in [1.82, 2.24) is 0 Å². The summed E-state index contributed by atoms with van der Waals surface area (Å²) in [5, 5.41) is 0. The van der Waals surface area contributed by atoms with Gasteiger partial charge in [-0.2, -0.15) is 0 Å². The molecule has 104 valence electrons. The highest BCUT2D eigenvalue weighted by Crippen LogP contribution is 2.14. The quantitative estimate of drug-likeness (QED) is 0.562. The second-order valence-electron chi connectivity index (χ2n) is 4.58. The topological polar surface area (TPSA) is 30.2 Å². The Morgan fingerprint density at radius 1 is 1.21 bits per heavy atom. The molecule has 0 radical (unpaired) electrons. The summed E-state index contributed by atoms with van der Waals surface area (Å²) in [5.74, 6) is 7.01. The fourth-order valence-electron chi connectivity index (χ4n) is 1.73. The van der Waals surface area contributed by atoms with E-state index in [4.69, 9.17) is 4.42 Å². The minimum Gasteiger partial charge on any atom is -0.426 e. The van der Waals surface area contributed by atoms with Crippen LogP contribution in [0.25, 0.3) is 0 Å². The van der Waals surface area contributed by atoms with Crippen molar-refractivity contribution in [2.75, 3.05) is 0 Å². The fraction of sp³-hybridized carbons (Fsp3) is 0.562. The molecule has 1 heterocycles. The maximum atomic E-state index is 11.5. The summed E-state index contributed by atoms with van der Waals surface area (Å²) in [6, 6.07) is 1.78. The van der Waals surface area contributed by atoms with Crippen LogP contribution in [0.5, 0.6) is 0 Å². The molecule has 0 bridgehead atoms. The smallest absolute Gasteiger partial charge is 0.350 e. The van der Waals surface area contributed by atoms with Gasteiger partial charge in [0.2, 0.25) is 0 Å². The molecule has 3 heteroatoms. The molecule has 0 amide bonds. The van der Waals surface area contributed by atoms with Crippen molar-refractivity contribution in [2.45, 2.75) is 58.8 Å². The lowest BCUT2D eigenvalue weighted by atomic mass is 10.1. The number of halogens is 1. The van der Waals surface area contributed by atoms with Crippen LogP contribution in [0.15, 0.2) is 19.8 Å². The summed E-state index contributed by atoms with van der Waals surface area (Å²) in [6.07, 6.45) is 7.25. The standard InChI is InChI=1S/C16H21BrO2/c1-3-5-7-9-10-13-12-14(17)16(18)19-15(13)11-8-6-4-2/h12H,3-8,11H2,1-2H3. The Bertz CT molecular complexity index is 506. The predicted molar refractivity (Wildman–Crippen MR) is 82.3 cm³/mol. The normalized spacial score (nSPS) is 10.1. The Balaban J connectivity index is 2.88. The van der Waals surface area contributed by atoms with Crippen LogP contribution in [-0.4, -0.2) is 0 Å². The molecular formula is C16H21BrO2. The molecule has 1 rings (SSSR count). The van der Waals surface area contributed by atoms with Crippen molar-refractivity contribution in [3.05, 3.63) is 32.3 Å². The van der Waals surface area contributed by atoms with E-state index >= 15 is 0 Å². The molecule has 19 heavy (non-hydrogen) atoms. The van der Waals surface area contributed by atoms with E-state index in [9.17, 15) is 4.79 Å². The number of aryl methyl sites for hydroxylation is 1. The van der Waals surface area contributed by atoms with Crippen LogP contribution < -0.4 is 5.63 Å². The summed E-state index contributed by atoms with van der Waals surface area (Å²) in [5.41, 5.74) is 0.532. The first-order chi connectivity index (χ1) is 9.19. The van der Waals surface area contributed by atoms with Crippen molar-refractivity contribution in [3.63, 3.8) is 0 Å². The molecule has 0 aromatic carbocycles. The van der Waals surface area contributed by atoms with Crippen LogP contribution in [0.2, 0.25) is 0 Å². The van der Waals surface area contributed by atoms with E-state index in [0.717, 1.165) is 56.3 Å². The number of unbranched alkanes of at least 4 members (excludes halogenated alkanes) is 4. The van der Waals surface area contributed by atoms with Crippen LogP contribution in [0, 0.1) is 11.8 Å². The molecule has 0 saturated heterocycles. The molecule has 0 atom stereocenters. The molecule has 2 nitrogen and oxygen atoms in total. The lowest BCUT2D eigenvalue weighted by Gasteiger charge is -2.03. The number of hydrogen-bond acceptors (Lipinski definition) is 2. The van der Waals surface area contributed by atoms with E-state index < -0.39 is 0 Å². The van der Waals surface area contributed by atoms with E-state index in [1.165, 1.54) is 0 Å². The zero-order chi connectivity index (χ0) is 14.1. The average molecular weight is 325 g/mol. The van der Waals surface area contributed by atoms with E-state index in [1.807, 2.05) is 0 Å². The second-order valence-corrected chi connectivity index (χ2v) is 5.44. The highest BCUT2D eigenvalue weighted by molar-refractivity contribution is 9.10. The Morgan fingerprint density at radius 2 is 1.95 bits per heavy atom. The molecule has 0 N–H and O–H groups in total. The SMILES string of the molecule is CCCCC#Cc1cc(Br)c(=O)oc1CCCCC. The van der Waals surface area contributed by atoms with Crippen LogP contribution in [-0.2, 0) is 6.42 Å². The van der Waals surface area contributed by atoms with Gasteiger partial charge in [-0.3, -0.25) is 0 Å². The highest BCUT2D eigenvalue weighted by atomic mass is 79.9. The summed E-state index contributed by atoms with van der Waals surface area (Å²) in [4.78, 5) is 11.5. The first-order valence-corrected chi connectivity index (χ1v) is 7.79. The van der Waals surface area contributed by atoms with Crippen LogP contribution >= 0.6 is 15.9 Å². The zero-order valence-corrected chi connectivity index (χ0v) is 13.3. The summed E-state index contributed by atoms with van der Waals surface area (Å²) in [6.45, 7) is 4.30. The Labute approximate surface area is 123 Å². The number of hydrogen-bond donors (Lipinski definition) is 0. The maximum absolute atomic E-state index is 11.5. The largest absolute Gasteiger partial charge is 0.426 e. The van der Waals surface area contributed by atoms with Gasteiger partial charge in [0.25, 0.3) is 0 Å². The summed E-state index contributed by atoms with van der Waals surface area (Å²) >= 11 is 3.21. The lowest BCUT2D eigenvalue weighted by molar-refractivity contribution is 0.445. The summed E-state index contributed by atoms with van der Waals surface area (Å²) in [7, 11) is 0. The van der Waals surface area contributed by atoms with Crippen LogP contribution in [0.4, 0.5) is 0 Å². The van der Waals surface area contributed by atoms with E-state index in [1.54, 1.807) is 6.07 Å². The third kappa shape index (κ3) is 5.65. The van der Waals surface area contributed by atoms with Crippen LogP contribution in [0.1, 0.15) is 63.7 Å². The molecule has 0 aliphatic heterocycles. The van der Waals surface area contributed by atoms with Crippen molar-refractivity contribution in [1.29, 1.82) is 0 Å². The minimum absolute atomic E-state index is 0.314. The molecule has 0 saturated carbocycles. The van der Waals surface area contributed by atoms with Gasteiger partial charge in [0, 0.05) is 12.8 Å². The van der Waals surface area contributed by atoms with Gasteiger partial charge in [-0.05, 0) is 34.8 Å². The van der Waals surface area contributed by atoms with Crippen molar-refractivity contribution < 1.29 is 4.42 Å². The highest BCUT2D eigenvalue weighted by Gasteiger charge is 2.07. The maximum Gasteiger partial charge on any atom is 0.350 e. The zero-order valence-electron chi connectivity index (χ0n) is 11.7. The predicted octanol–water partition coefficient (Wildman–Crippen LogP) is 4.68. The molecule has 0 aliphatic rings. The number of rotatable bonds is 6. The van der Waals surface area contributed by atoms with E-state index in [2.05, 4.69) is 41.6 Å². The third-order valence-electron chi connectivity index (χ3n) is 2.87. The van der Waals surface area contributed by atoms with E-state index in [0.29, 0.717) is 4.47 Å². The van der Waals surface area contributed by atoms with Gasteiger partial charge in [0.05, 0.1) is 5.56 Å². The average Bonchev–Trinajstić information content (AvgIpc) is 2.40. The monoisotopic (exact) mass is 324 g/mol. The fourth-order valence-corrected chi connectivity index (χ4v) is 2.04. The lowest BCUT2D eigenvalue weighted by Crippen LogP contribution is -2.04. The second kappa shape index (κ2) is 8.98. The van der Waals surface area contributed by atoms with Gasteiger partial charge in [-0.25, -0.2) is 4.79 Å². The minimum atomic E-state index is -0.314. The molecule has 0 aliphatic carbocycles. The van der Waals surface area contributed by atoms with Gasteiger partial charge < -0.3 is 4.42 Å². The molecule has 0 fully saturated rings. The molecule has 1 aromatic heterocycles. The van der Waals surface area contributed by atoms with Gasteiger partial charge in [-0.1, -0.05) is 45.0 Å². The molecule has 0 unspecified atom stereocenters. The van der Waals surface area contributed by atoms with Crippen LogP contribution in [0.3, 0.4) is 0 Å². The van der Waals surface area contributed by atoms with Gasteiger partial charge in [0.15, 0.2) is 0 Å². The first kappa shape index (κ1) is 16.0. The van der Waals surface area contributed by atoms with Crippen molar-refractivity contribution in [2.24, 2.45) is 0 Å². The molecular weight excluding hydrogens is 304 g/mol. The Kier molecular flexibility index (Phi) is 7.59. The van der Waals surface area contributed by atoms with Crippen molar-refractivity contribution >= 4 is 15.9 Å². The first-order valence-electron chi connectivity index (χ1n) is 7.00. The molecule has 1 aromatic rings. The van der Waals surface area contributed by atoms with Gasteiger partial charge >= 0.3 is 5.63 Å². The Hall–Kier alpha value is -1.01. The third-order valence-corrected chi connectivity index (χ3v) is 3.42. The summed E-state index contributed by atoms with van der Waals surface area (Å²) < 4.78 is 5.79. The van der Waals surface area contributed by atoms with Gasteiger partial charge in [0.1, 0.15) is 10.2 Å². The Morgan fingerprint density at radius 3 is 2.63 bits per heavy atom. The van der Waals surface area contributed by atoms with E-state index in [-0.39, 0.29) is 5.63 Å². The van der Waals surface area contributed by atoms with Crippen molar-refractivity contribution in [3.8, 4) is 11.8 Å². The molecule has 0 spiro atoms.